The molecule has 0 aliphatic rings. The molecule has 0 radical (unpaired) electrons. The molecule has 0 fully saturated rings. The van der Waals surface area contributed by atoms with Crippen LogP contribution in [0.2, 0.25) is 0 Å². The van der Waals surface area contributed by atoms with Crippen molar-refractivity contribution in [1.82, 2.24) is 0 Å². The molecule has 0 aromatic heterocycles. The van der Waals surface area contributed by atoms with Crippen LogP contribution in [0.5, 0.6) is 0 Å². The Labute approximate surface area is 87.6 Å². The highest BCUT2D eigenvalue weighted by atomic mass is 16.3. The first-order valence-electron chi connectivity index (χ1n) is 5.49. The van der Waals surface area contributed by atoms with E-state index in [9.17, 15) is 5.11 Å². The number of hydrogen-bond acceptors (Lipinski definition) is 3. The summed E-state index contributed by atoms with van der Waals surface area (Å²) in [7, 11) is 0. The summed E-state index contributed by atoms with van der Waals surface area (Å²) in [6.45, 7) is 9.99. The van der Waals surface area contributed by atoms with Crippen molar-refractivity contribution in [1.29, 1.82) is 0 Å². The predicted molar refractivity (Wildman–Crippen MR) is 59.4 cm³/mol. The third kappa shape index (κ3) is 6.08. The first kappa shape index (κ1) is 13.6. The van der Waals surface area contributed by atoms with Gasteiger partial charge in [-0.1, -0.05) is 20.3 Å². The summed E-state index contributed by atoms with van der Waals surface area (Å²) in [6, 6.07) is 0. The Balaban J connectivity index is 4.31. The molecule has 3 nitrogen and oxygen atoms in total. The Kier molecular flexibility index (Phi) is 5.27. The average molecular weight is 200 g/mol. The number of nitrogens with zero attached hydrogens (tertiary/aromatic N) is 2. The largest absolute Gasteiger partial charge is 0.368 e. The molecule has 1 atom stereocenters. The van der Waals surface area contributed by atoms with Crippen LogP contribution in [0.1, 0.15) is 60.3 Å². The van der Waals surface area contributed by atoms with Gasteiger partial charge in [0.1, 0.15) is 0 Å². The van der Waals surface area contributed by atoms with Crippen LogP contribution in [0.4, 0.5) is 0 Å². The number of rotatable bonds is 5. The first-order chi connectivity index (χ1) is 6.33. The predicted octanol–water partition coefficient (Wildman–Crippen LogP) is 3.53. The lowest BCUT2D eigenvalue weighted by molar-refractivity contribution is 0.0242. The van der Waals surface area contributed by atoms with Crippen molar-refractivity contribution in [2.24, 2.45) is 10.2 Å². The smallest absolute Gasteiger partial charge is 0.175 e. The van der Waals surface area contributed by atoms with Gasteiger partial charge in [0.2, 0.25) is 0 Å². The van der Waals surface area contributed by atoms with Crippen LogP contribution < -0.4 is 0 Å². The van der Waals surface area contributed by atoms with Crippen LogP contribution in [0, 0.1) is 0 Å². The highest BCUT2D eigenvalue weighted by Gasteiger charge is 2.24. The van der Waals surface area contributed by atoms with Gasteiger partial charge in [0.15, 0.2) is 5.72 Å². The summed E-state index contributed by atoms with van der Waals surface area (Å²) in [4.78, 5) is 0. The molecule has 0 aromatic rings. The number of hydrogen-bond donors (Lipinski definition) is 1. The molecule has 0 spiro atoms. The van der Waals surface area contributed by atoms with E-state index < -0.39 is 5.72 Å². The lowest BCUT2D eigenvalue weighted by Crippen LogP contribution is -2.25. The molecule has 0 aliphatic heterocycles. The minimum absolute atomic E-state index is 0.199. The van der Waals surface area contributed by atoms with Crippen molar-refractivity contribution in [3.63, 3.8) is 0 Å². The summed E-state index contributed by atoms with van der Waals surface area (Å²) in [5, 5.41) is 18.2. The molecule has 0 amide bonds. The zero-order chi connectivity index (χ0) is 11.2. The Morgan fingerprint density at radius 1 is 1.07 bits per heavy atom. The Hall–Kier alpha value is -0.440. The summed E-state index contributed by atoms with van der Waals surface area (Å²) < 4.78 is 0. The van der Waals surface area contributed by atoms with Crippen molar-refractivity contribution < 1.29 is 5.11 Å². The fraction of sp³-hybridized carbons (Fsp3) is 1.00. The average Bonchev–Trinajstić information content (AvgIpc) is 2.10. The van der Waals surface area contributed by atoms with E-state index in [1.165, 1.54) is 0 Å². The van der Waals surface area contributed by atoms with E-state index in [1.807, 2.05) is 27.7 Å². The van der Waals surface area contributed by atoms with Crippen molar-refractivity contribution in [3.05, 3.63) is 0 Å². The van der Waals surface area contributed by atoms with Gasteiger partial charge in [0.25, 0.3) is 0 Å². The van der Waals surface area contributed by atoms with E-state index in [4.69, 9.17) is 0 Å². The van der Waals surface area contributed by atoms with Crippen LogP contribution in [-0.4, -0.2) is 16.4 Å². The summed E-state index contributed by atoms with van der Waals surface area (Å²) in [6.07, 6.45) is 3.41. The first-order valence-corrected chi connectivity index (χ1v) is 5.49. The van der Waals surface area contributed by atoms with Crippen molar-refractivity contribution in [2.75, 3.05) is 0 Å². The topological polar surface area (TPSA) is 45.0 Å². The normalized spacial score (nSPS) is 17.3. The van der Waals surface area contributed by atoms with E-state index in [-0.39, 0.29) is 5.54 Å². The number of azo groups is 1. The lowest BCUT2D eigenvalue weighted by Gasteiger charge is -2.22. The third-order valence-corrected chi connectivity index (χ3v) is 2.03. The molecule has 0 heterocycles. The minimum atomic E-state index is -0.941. The van der Waals surface area contributed by atoms with Gasteiger partial charge in [-0.15, -0.1) is 0 Å². The minimum Gasteiger partial charge on any atom is -0.368 e. The van der Waals surface area contributed by atoms with E-state index >= 15 is 0 Å². The highest BCUT2D eigenvalue weighted by molar-refractivity contribution is 4.75. The maximum atomic E-state index is 10.1. The molecule has 3 heteroatoms. The molecule has 1 N–H and O–H groups in total. The molecular weight excluding hydrogens is 176 g/mol. The molecule has 0 saturated heterocycles. The molecule has 0 aliphatic carbocycles. The van der Waals surface area contributed by atoms with Crippen LogP contribution >= 0.6 is 0 Å². The molecule has 84 valence electrons. The van der Waals surface area contributed by atoms with Gasteiger partial charge in [0.05, 0.1) is 5.54 Å². The van der Waals surface area contributed by atoms with Gasteiger partial charge in [-0.3, -0.25) is 0 Å². The molecule has 14 heavy (non-hydrogen) atoms. The monoisotopic (exact) mass is 200 g/mol. The fourth-order valence-electron chi connectivity index (χ4n) is 1.00. The molecule has 0 bridgehead atoms. The zero-order valence-corrected chi connectivity index (χ0v) is 10.2. The standard InChI is InChI=1S/C11H24N2O/c1-6-8-9-11(14,7-2)13-12-10(3,4)5/h14H,6-9H2,1-5H3. The highest BCUT2D eigenvalue weighted by Crippen LogP contribution is 2.22. The lowest BCUT2D eigenvalue weighted by atomic mass is 10.0. The second-order valence-electron chi connectivity index (χ2n) is 4.81. The fourth-order valence-corrected chi connectivity index (χ4v) is 1.00. The molecule has 1 unspecified atom stereocenters. The van der Waals surface area contributed by atoms with Crippen LogP contribution in [0.15, 0.2) is 10.2 Å². The van der Waals surface area contributed by atoms with Gasteiger partial charge in [-0.05, 0) is 40.0 Å². The van der Waals surface area contributed by atoms with Crippen molar-refractivity contribution in [2.45, 2.75) is 71.6 Å². The maximum absolute atomic E-state index is 10.1. The van der Waals surface area contributed by atoms with Gasteiger partial charge in [-0.2, -0.15) is 10.2 Å². The van der Waals surface area contributed by atoms with Crippen molar-refractivity contribution >= 4 is 0 Å². The quantitative estimate of drug-likeness (QED) is 0.678. The number of aliphatic hydroxyl groups is 1. The summed E-state index contributed by atoms with van der Waals surface area (Å²) in [5.41, 5.74) is -1.14. The molecular formula is C11H24N2O. The van der Waals surface area contributed by atoms with Gasteiger partial charge >= 0.3 is 0 Å². The Morgan fingerprint density at radius 3 is 2.00 bits per heavy atom. The molecule has 0 saturated carbocycles. The Morgan fingerprint density at radius 2 is 1.64 bits per heavy atom. The van der Waals surface area contributed by atoms with Crippen LogP contribution in [0.25, 0.3) is 0 Å². The van der Waals surface area contributed by atoms with Crippen molar-refractivity contribution in [3.8, 4) is 0 Å². The maximum Gasteiger partial charge on any atom is 0.175 e. The van der Waals surface area contributed by atoms with Gasteiger partial charge in [-0.25, -0.2) is 0 Å². The summed E-state index contributed by atoms with van der Waals surface area (Å²) in [5.74, 6) is 0. The van der Waals surface area contributed by atoms with Gasteiger partial charge in [0, 0.05) is 0 Å². The number of unbranched alkanes of at least 4 members (excludes halogenated alkanes) is 1. The van der Waals surface area contributed by atoms with E-state index in [2.05, 4.69) is 17.2 Å². The molecule has 0 aromatic carbocycles. The Bertz CT molecular complexity index is 184. The van der Waals surface area contributed by atoms with E-state index in [0.29, 0.717) is 12.8 Å². The summed E-state index contributed by atoms with van der Waals surface area (Å²) >= 11 is 0. The zero-order valence-electron chi connectivity index (χ0n) is 10.2. The molecule has 0 rings (SSSR count). The second-order valence-corrected chi connectivity index (χ2v) is 4.81. The second kappa shape index (κ2) is 5.44. The third-order valence-electron chi connectivity index (χ3n) is 2.03. The van der Waals surface area contributed by atoms with Gasteiger partial charge < -0.3 is 5.11 Å². The SMILES string of the molecule is CCCCC(O)(CC)N=NC(C)(C)C. The van der Waals surface area contributed by atoms with E-state index in [1.54, 1.807) is 0 Å². The van der Waals surface area contributed by atoms with Crippen LogP contribution in [-0.2, 0) is 0 Å². The van der Waals surface area contributed by atoms with E-state index in [0.717, 1.165) is 12.8 Å². The van der Waals surface area contributed by atoms with Crippen LogP contribution in [0.3, 0.4) is 0 Å².